The molecule has 0 aliphatic carbocycles. The molecule has 1 atom stereocenters. The van der Waals surface area contributed by atoms with Crippen molar-refractivity contribution >= 4 is 16.8 Å². The molecule has 0 N–H and O–H groups in total. The molecule has 0 aliphatic heterocycles. The van der Waals surface area contributed by atoms with Crippen LogP contribution >= 0.6 is 0 Å². The van der Waals surface area contributed by atoms with Gasteiger partial charge in [-0.2, -0.15) is 0 Å². The summed E-state index contributed by atoms with van der Waals surface area (Å²) in [5.41, 5.74) is 2.65. The monoisotopic (exact) mass is 290 g/mol. The second-order valence-corrected chi connectivity index (χ2v) is 5.38. The van der Waals surface area contributed by atoms with Crippen LogP contribution in [0.1, 0.15) is 28.9 Å². The first kappa shape index (κ1) is 14.3. The van der Waals surface area contributed by atoms with E-state index in [0.29, 0.717) is 5.56 Å². The Morgan fingerprint density at radius 3 is 2.45 bits per heavy atom. The van der Waals surface area contributed by atoms with Crippen LogP contribution in [-0.2, 0) is 0 Å². The lowest BCUT2D eigenvalue weighted by atomic mass is 10.0. The number of para-hydroxylation sites is 1. The van der Waals surface area contributed by atoms with Gasteiger partial charge in [-0.3, -0.25) is 9.78 Å². The van der Waals surface area contributed by atoms with Crippen molar-refractivity contribution in [3.05, 3.63) is 78.0 Å². The highest BCUT2D eigenvalue weighted by molar-refractivity contribution is 6.05. The summed E-state index contributed by atoms with van der Waals surface area (Å²) >= 11 is 0. The zero-order valence-corrected chi connectivity index (χ0v) is 12.7. The number of carbonyl (C=O) groups is 1. The van der Waals surface area contributed by atoms with Crippen LogP contribution in [0, 0.1) is 0 Å². The fraction of sp³-hybridized carbons (Fsp3) is 0.158. The van der Waals surface area contributed by atoms with Crippen LogP contribution in [0.25, 0.3) is 10.9 Å². The van der Waals surface area contributed by atoms with E-state index >= 15 is 0 Å². The van der Waals surface area contributed by atoms with Gasteiger partial charge in [0, 0.05) is 18.6 Å². The van der Waals surface area contributed by atoms with E-state index in [2.05, 4.69) is 4.98 Å². The molecule has 110 valence electrons. The summed E-state index contributed by atoms with van der Waals surface area (Å²) in [6.45, 7) is 2.04. The lowest BCUT2D eigenvalue weighted by Gasteiger charge is -2.26. The summed E-state index contributed by atoms with van der Waals surface area (Å²) in [4.78, 5) is 19.0. The number of aromatic nitrogens is 1. The molecule has 0 radical (unpaired) electrons. The van der Waals surface area contributed by atoms with E-state index in [-0.39, 0.29) is 11.9 Å². The summed E-state index contributed by atoms with van der Waals surface area (Å²) < 4.78 is 0. The number of hydrogen-bond donors (Lipinski definition) is 0. The molecule has 0 aliphatic rings. The molecule has 1 unspecified atom stereocenters. The van der Waals surface area contributed by atoms with Crippen molar-refractivity contribution in [1.29, 1.82) is 0 Å². The molecular weight excluding hydrogens is 272 g/mol. The van der Waals surface area contributed by atoms with Gasteiger partial charge in [0.15, 0.2) is 0 Å². The van der Waals surface area contributed by atoms with Gasteiger partial charge in [-0.1, -0.05) is 48.5 Å². The molecule has 22 heavy (non-hydrogen) atoms. The molecule has 1 heterocycles. The minimum absolute atomic E-state index is 0.00922. The summed E-state index contributed by atoms with van der Waals surface area (Å²) in [6, 6.07) is 19.6. The predicted molar refractivity (Wildman–Crippen MR) is 88.7 cm³/mol. The van der Waals surface area contributed by atoms with E-state index in [1.165, 1.54) is 0 Å². The van der Waals surface area contributed by atoms with Gasteiger partial charge < -0.3 is 4.90 Å². The number of carbonyl (C=O) groups excluding carboxylic acids is 1. The van der Waals surface area contributed by atoms with Gasteiger partial charge in [-0.15, -0.1) is 0 Å². The number of nitrogens with zero attached hydrogens (tertiary/aromatic N) is 2. The summed E-state index contributed by atoms with van der Waals surface area (Å²) in [5.74, 6) is 0.00922. The van der Waals surface area contributed by atoms with E-state index in [4.69, 9.17) is 0 Å². The van der Waals surface area contributed by atoms with Gasteiger partial charge in [0.2, 0.25) is 0 Å². The number of fused-ring (bicyclic) bond motifs is 1. The number of benzene rings is 2. The second kappa shape index (κ2) is 5.98. The molecule has 3 nitrogen and oxygen atoms in total. The van der Waals surface area contributed by atoms with Crippen molar-refractivity contribution in [3.8, 4) is 0 Å². The quantitative estimate of drug-likeness (QED) is 0.728. The van der Waals surface area contributed by atoms with Crippen LogP contribution < -0.4 is 0 Å². The highest BCUT2D eigenvalue weighted by Crippen LogP contribution is 2.23. The highest BCUT2D eigenvalue weighted by atomic mass is 16.2. The normalized spacial score (nSPS) is 12.1. The predicted octanol–water partition coefficient (Wildman–Crippen LogP) is 4.07. The SMILES string of the molecule is CC(c1ccccc1)N(C)C(=O)c1ccnc2ccccc12. The third-order valence-electron chi connectivity index (χ3n) is 4.06. The summed E-state index contributed by atoms with van der Waals surface area (Å²) in [5, 5.41) is 0.891. The highest BCUT2D eigenvalue weighted by Gasteiger charge is 2.20. The van der Waals surface area contributed by atoms with E-state index in [9.17, 15) is 4.79 Å². The molecule has 3 rings (SSSR count). The first-order valence-electron chi connectivity index (χ1n) is 7.34. The first-order valence-corrected chi connectivity index (χ1v) is 7.34. The zero-order valence-electron chi connectivity index (χ0n) is 12.7. The van der Waals surface area contributed by atoms with Gasteiger partial charge in [0.05, 0.1) is 17.1 Å². The summed E-state index contributed by atoms with van der Waals surface area (Å²) in [7, 11) is 1.84. The maximum atomic E-state index is 12.9. The Bertz CT molecular complexity index is 793. The number of amides is 1. The molecule has 1 aromatic heterocycles. The molecule has 0 saturated carbocycles. The molecule has 1 amide bonds. The van der Waals surface area contributed by atoms with Crippen molar-refractivity contribution in [2.45, 2.75) is 13.0 Å². The van der Waals surface area contributed by atoms with Crippen LogP contribution in [0.15, 0.2) is 66.9 Å². The van der Waals surface area contributed by atoms with Crippen LogP contribution in [0.4, 0.5) is 0 Å². The lowest BCUT2D eigenvalue weighted by molar-refractivity contribution is 0.0744. The van der Waals surface area contributed by atoms with Crippen molar-refractivity contribution in [2.24, 2.45) is 0 Å². The number of rotatable bonds is 3. The molecular formula is C19H18N2O. The molecule has 0 bridgehead atoms. The van der Waals surface area contributed by atoms with Gasteiger partial charge in [0.25, 0.3) is 5.91 Å². The minimum atomic E-state index is 0.00922. The van der Waals surface area contributed by atoms with Crippen LogP contribution in [-0.4, -0.2) is 22.8 Å². The fourth-order valence-corrected chi connectivity index (χ4v) is 2.60. The number of hydrogen-bond acceptors (Lipinski definition) is 2. The molecule has 0 fully saturated rings. The van der Waals surface area contributed by atoms with Crippen molar-refractivity contribution in [1.82, 2.24) is 9.88 Å². The maximum Gasteiger partial charge on any atom is 0.254 e. The van der Waals surface area contributed by atoms with Gasteiger partial charge in [-0.25, -0.2) is 0 Å². The van der Waals surface area contributed by atoms with Gasteiger partial charge in [-0.05, 0) is 24.6 Å². The van der Waals surface area contributed by atoms with Crippen molar-refractivity contribution in [3.63, 3.8) is 0 Å². The lowest BCUT2D eigenvalue weighted by Crippen LogP contribution is -2.29. The Morgan fingerprint density at radius 1 is 1.00 bits per heavy atom. The third-order valence-corrected chi connectivity index (χ3v) is 4.06. The maximum absolute atomic E-state index is 12.9. The Kier molecular flexibility index (Phi) is 3.88. The standard InChI is InChI=1S/C19H18N2O/c1-14(15-8-4-3-5-9-15)21(2)19(22)17-12-13-20-18-11-7-6-10-16(17)18/h3-14H,1-2H3. The topological polar surface area (TPSA) is 33.2 Å². The van der Waals surface area contributed by atoms with Crippen LogP contribution in [0.5, 0.6) is 0 Å². The van der Waals surface area contributed by atoms with Crippen molar-refractivity contribution in [2.75, 3.05) is 7.05 Å². The molecule has 3 heteroatoms. The molecule has 3 aromatic rings. The van der Waals surface area contributed by atoms with E-state index in [1.54, 1.807) is 17.2 Å². The third kappa shape index (κ3) is 2.58. The average molecular weight is 290 g/mol. The Morgan fingerprint density at radius 2 is 1.68 bits per heavy atom. The molecule has 2 aromatic carbocycles. The molecule has 0 saturated heterocycles. The first-order chi connectivity index (χ1) is 10.7. The zero-order chi connectivity index (χ0) is 15.5. The van der Waals surface area contributed by atoms with E-state index in [0.717, 1.165) is 16.5 Å². The van der Waals surface area contributed by atoms with Crippen LogP contribution in [0.2, 0.25) is 0 Å². The smallest absolute Gasteiger partial charge is 0.254 e. The molecule has 0 spiro atoms. The Balaban J connectivity index is 1.96. The Labute approximate surface area is 130 Å². The van der Waals surface area contributed by atoms with E-state index in [1.807, 2.05) is 68.6 Å². The van der Waals surface area contributed by atoms with Gasteiger partial charge in [0.1, 0.15) is 0 Å². The average Bonchev–Trinajstić information content (AvgIpc) is 2.60. The second-order valence-electron chi connectivity index (χ2n) is 5.38. The van der Waals surface area contributed by atoms with Gasteiger partial charge >= 0.3 is 0 Å². The largest absolute Gasteiger partial charge is 0.335 e. The Hall–Kier alpha value is -2.68. The van der Waals surface area contributed by atoms with E-state index < -0.39 is 0 Å². The fourth-order valence-electron chi connectivity index (χ4n) is 2.60. The van der Waals surface area contributed by atoms with Crippen molar-refractivity contribution < 1.29 is 4.79 Å². The van der Waals surface area contributed by atoms with Crippen LogP contribution in [0.3, 0.4) is 0 Å². The summed E-state index contributed by atoms with van der Waals surface area (Å²) in [6.07, 6.45) is 1.69. The minimum Gasteiger partial charge on any atom is -0.335 e. The number of pyridine rings is 1.